The summed E-state index contributed by atoms with van der Waals surface area (Å²) in [5, 5.41) is 13.1. The van der Waals surface area contributed by atoms with E-state index < -0.39 is 5.97 Å². The summed E-state index contributed by atoms with van der Waals surface area (Å²) in [5.74, 6) is 0.548. The Morgan fingerprint density at radius 1 is 1.38 bits per heavy atom. The van der Waals surface area contributed by atoms with Gasteiger partial charge in [-0.25, -0.2) is 9.78 Å². The van der Waals surface area contributed by atoms with Crippen LogP contribution in [0.25, 0.3) is 11.0 Å². The zero-order valence-electron chi connectivity index (χ0n) is 11.2. The summed E-state index contributed by atoms with van der Waals surface area (Å²) in [7, 11) is 0. The summed E-state index contributed by atoms with van der Waals surface area (Å²) in [4.78, 5) is 15.8. The van der Waals surface area contributed by atoms with Gasteiger partial charge in [-0.3, -0.25) is 0 Å². The minimum Gasteiger partial charge on any atom is -0.478 e. The van der Waals surface area contributed by atoms with E-state index >= 15 is 0 Å². The first kappa shape index (κ1) is 12.1. The molecule has 1 fully saturated rings. The first-order chi connectivity index (χ1) is 10.2. The van der Waals surface area contributed by atoms with Crippen molar-refractivity contribution in [3.63, 3.8) is 0 Å². The Bertz CT molecular complexity index is 816. The summed E-state index contributed by atoms with van der Waals surface area (Å²) >= 11 is 0. The predicted molar refractivity (Wildman–Crippen MR) is 74.3 cm³/mol. The molecular weight excluding hydrogens is 270 g/mol. The van der Waals surface area contributed by atoms with Gasteiger partial charge in [0.05, 0.1) is 23.1 Å². The second-order valence-electron chi connectivity index (χ2n) is 5.33. The molecule has 2 heterocycles. The van der Waals surface area contributed by atoms with Gasteiger partial charge in [0.1, 0.15) is 17.8 Å². The summed E-state index contributed by atoms with van der Waals surface area (Å²) in [6.07, 6.45) is 3.80. The molecule has 1 N–H and O–H groups in total. The lowest BCUT2D eigenvalue weighted by Crippen LogP contribution is -2.05. The van der Waals surface area contributed by atoms with Crippen LogP contribution in [0.1, 0.15) is 40.6 Å². The van der Waals surface area contributed by atoms with Crippen molar-refractivity contribution >= 4 is 17.0 Å². The van der Waals surface area contributed by atoms with Crippen molar-refractivity contribution in [3.05, 3.63) is 47.6 Å². The van der Waals surface area contributed by atoms with Crippen LogP contribution in [0.3, 0.4) is 0 Å². The molecule has 0 bridgehead atoms. The number of benzene rings is 1. The van der Waals surface area contributed by atoms with Gasteiger partial charge in [-0.2, -0.15) is 0 Å². The highest BCUT2D eigenvalue weighted by atomic mass is 16.5. The van der Waals surface area contributed by atoms with E-state index in [1.807, 2.05) is 6.07 Å². The van der Waals surface area contributed by atoms with Crippen LogP contribution in [0.15, 0.2) is 35.1 Å². The molecule has 2 aromatic heterocycles. The maximum absolute atomic E-state index is 11.2. The monoisotopic (exact) mass is 283 g/mol. The first-order valence-corrected chi connectivity index (χ1v) is 6.85. The molecule has 1 aliphatic carbocycles. The molecule has 6 nitrogen and oxygen atoms in total. The number of aromatic carboxylic acids is 1. The lowest BCUT2D eigenvalue weighted by Gasteiger charge is -2.06. The summed E-state index contributed by atoms with van der Waals surface area (Å²) < 4.78 is 6.93. The van der Waals surface area contributed by atoms with E-state index in [9.17, 15) is 4.79 Å². The number of imidazole rings is 1. The molecule has 0 atom stereocenters. The Labute approximate surface area is 120 Å². The second kappa shape index (κ2) is 4.44. The molecule has 1 saturated carbocycles. The van der Waals surface area contributed by atoms with E-state index in [0.717, 1.165) is 35.4 Å². The third-order valence-electron chi connectivity index (χ3n) is 3.78. The normalized spacial score (nSPS) is 14.7. The van der Waals surface area contributed by atoms with E-state index in [-0.39, 0.29) is 5.56 Å². The minimum atomic E-state index is -0.931. The fourth-order valence-corrected chi connectivity index (χ4v) is 2.57. The maximum atomic E-state index is 11.2. The number of rotatable bonds is 4. The Kier molecular flexibility index (Phi) is 2.57. The molecular formula is C15H13N3O3. The highest BCUT2D eigenvalue weighted by Gasteiger charge is 2.30. The number of fused-ring (bicyclic) bond motifs is 1. The highest BCUT2D eigenvalue weighted by molar-refractivity contribution is 5.92. The van der Waals surface area contributed by atoms with Crippen LogP contribution in [-0.4, -0.2) is 25.8 Å². The van der Waals surface area contributed by atoms with E-state index in [4.69, 9.17) is 9.63 Å². The van der Waals surface area contributed by atoms with Gasteiger partial charge in [-0.15, -0.1) is 0 Å². The Hall–Kier alpha value is -2.63. The Morgan fingerprint density at radius 2 is 2.24 bits per heavy atom. The number of hydrogen-bond acceptors (Lipinski definition) is 4. The smallest absolute Gasteiger partial charge is 0.335 e. The average Bonchev–Trinajstić information content (AvgIpc) is 3.07. The molecule has 0 saturated heterocycles. The lowest BCUT2D eigenvalue weighted by molar-refractivity contribution is 0.0697. The SMILES string of the molecule is O=C(O)c1ccc2nc(C3CC3)n(Cc3ccon3)c2c1. The lowest BCUT2D eigenvalue weighted by atomic mass is 10.2. The van der Waals surface area contributed by atoms with Crippen molar-refractivity contribution in [1.82, 2.24) is 14.7 Å². The molecule has 106 valence electrons. The van der Waals surface area contributed by atoms with Crippen LogP contribution in [-0.2, 0) is 6.54 Å². The molecule has 0 unspecified atom stereocenters. The molecule has 0 spiro atoms. The summed E-state index contributed by atoms with van der Waals surface area (Å²) in [6, 6.07) is 6.85. The number of nitrogens with zero attached hydrogens (tertiary/aromatic N) is 3. The maximum Gasteiger partial charge on any atom is 0.335 e. The molecule has 1 aromatic carbocycles. The van der Waals surface area contributed by atoms with Crippen molar-refractivity contribution in [2.24, 2.45) is 0 Å². The average molecular weight is 283 g/mol. The predicted octanol–water partition coefficient (Wildman–Crippen LogP) is 2.65. The van der Waals surface area contributed by atoms with Crippen molar-refractivity contribution in [2.75, 3.05) is 0 Å². The largest absolute Gasteiger partial charge is 0.478 e. The van der Waals surface area contributed by atoms with Crippen LogP contribution >= 0.6 is 0 Å². The topological polar surface area (TPSA) is 81.1 Å². The standard InChI is InChI=1S/C15H13N3O3/c19-15(20)10-3-4-12-13(7-10)18(8-11-5-6-21-17-11)14(16-12)9-1-2-9/h3-7,9H,1-2,8H2,(H,19,20). The van der Waals surface area contributed by atoms with Gasteiger partial charge in [-0.1, -0.05) is 5.16 Å². The van der Waals surface area contributed by atoms with Crippen molar-refractivity contribution in [2.45, 2.75) is 25.3 Å². The highest BCUT2D eigenvalue weighted by Crippen LogP contribution is 2.41. The number of carboxylic acids is 1. The second-order valence-corrected chi connectivity index (χ2v) is 5.33. The van der Waals surface area contributed by atoms with E-state index in [1.54, 1.807) is 18.2 Å². The third-order valence-corrected chi connectivity index (χ3v) is 3.78. The fourth-order valence-electron chi connectivity index (χ4n) is 2.57. The van der Waals surface area contributed by atoms with E-state index in [0.29, 0.717) is 12.5 Å². The van der Waals surface area contributed by atoms with Crippen LogP contribution in [0, 0.1) is 0 Å². The van der Waals surface area contributed by atoms with Crippen molar-refractivity contribution < 1.29 is 14.4 Å². The molecule has 21 heavy (non-hydrogen) atoms. The van der Waals surface area contributed by atoms with Crippen LogP contribution in [0.5, 0.6) is 0 Å². The third kappa shape index (κ3) is 2.08. The molecule has 3 aromatic rings. The van der Waals surface area contributed by atoms with Gasteiger partial charge in [0.25, 0.3) is 0 Å². The Morgan fingerprint density at radius 3 is 2.90 bits per heavy atom. The minimum absolute atomic E-state index is 0.270. The van der Waals surface area contributed by atoms with Gasteiger partial charge in [-0.05, 0) is 31.0 Å². The van der Waals surface area contributed by atoms with E-state index in [1.165, 1.54) is 6.26 Å². The van der Waals surface area contributed by atoms with Gasteiger partial charge >= 0.3 is 5.97 Å². The zero-order valence-corrected chi connectivity index (χ0v) is 11.2. The molecule has 0 aliphatic heterocycles. The van der Waals surface area contributed by atoms with Gasteiger partial charge in [0.2, 0.25) is 0 Å². The number of aromatic nitrogens is 3. The van der Waals surface area contributed by atoms with Gasteiger partial charge in [0, 0.05) is 12.0 Å². The summed E-state index contributed by atoms with van der Waals surface area (Å²) in [6.45, 7) is 0.544. The molecule has 1 aliphatic rings. The quantitative estimate of drug-likeness (QED) is 0.796. The van der Waals surface area contributed by atoms with Crippen molar-refractivity contribution in [3.8, 4) is 0 Å². The van der Waals surface area contributed by atoms with E-state index in [2.05, 4.69) is 14.7 Å². The van der Waals surface area contributed by atoms with Crippen LogP contribution in [0.4, 0.5) is 0 Å². The molecule has 6 heteroatoms. The first-order valence-electron chi connectivity index (χ1n) is 6.85. The number of carboxylic acid groups (broad SMARTS) is 1. The zero-order chi connectivity index (χ0) is 14.4. The molecule has 0 amide bonds. The van der Waals surface area contributed by atoms with Crippen LogP contribution < -0.4 is 0 Å². The Balaban J connectivity index is 1.88. The van der Waals surface area contributed by atoms with Gasteiger partial charge < -0.3 is 14.2 Å². The van der Waals surface area contributed by atoms with Crippen molar-refractivity contribution in [1.29, 1.82) is 0 Å². The summed E-state index contributed by atoms with van der Waals surface area (Å²) in [5.41, 5.74) is 2.73. The fraction of sp³-hybridized carbons (Fsp3) is 0.267. The molecule has 4 rings (SSSR count). The van der Waals surface area contributed by atoms with Crippen LogP contribution in [0.2, 0.25) is 0 Å². The molecule has 0 radical (unpaired) electrons. The number of hydrogen-bond donors (Lipinski definition) is 1. The van der Waals surface area contributed by atoms with Gasteiger partial charge in [0.15, 0.2) is 0 Å². The number of carbonyl (C=O) groups is 1.